The Hall–Kier alpha value is -2.81. The summed E-state index contributed by atoms with van der Waals surface area (Å²) in [7, 11) is 0. The second-order valence-electron chi connectivity index (χ2n) is 6.15. The minimum atomic E-state index is -0.130. The van der Waals surface area contributed by atoms with Gasteiger partial charge in [0.25, 0.3) is 5.91 Å². The maximum Gasteiger partial charge on any atom is 0.270 e. The third-order valence-electron chi connectivity index (χ3n) is 4.33. The van der Waals surface area contributed by atoms with E-state index in [1.165, 1.54) is 11.3 Å². The minimum Gasteiger partial charge on any atom is -0.351 e. The predicted molar refractivity (Wildman–Crippen MR) is 98.1 cm³/mol. The molecule has 1 N–H and O–H groups in total. The van der Waals surface area contributed by atoms with Crippen LogP contribution in [0, 0.1) is 6.92 Å². The molecule has 1 aliphatic heterocycles. The lowest BCUT2D eigenvalue weighted by Gasteiger charge is -2.33. The van der Waals surface area contributed by atoms with Crippen LogP contribution in [0.5, 0.6) is 0 Å². The first-order valence-corrected chi connectivity index (χ1v) is 9.33. The quantitative estimate of drug-likeness (QED) is 0.738. The summed E-state index contributed by atoms with van der Waals surface area (Å²) in [6.45, 7) is 3.93. The molecule has 3 aromatic rings. The molecule has 9 heteroatoms. The van der Waals surface area contributed by atoms with E-state index in [-0.39, 0.29) is 11.9 Å². The Bertz CT molecular complexity index is 891. The van der Waals surface area contributed by atoms with Crippen LogP contribution in [-0.4, -0.2) is 43.7 Å². The molecule has 1 atom stereocenters. The predicted octanol–water partition coefficient (Wildman–Crippen LogP) is 1.82. The molecular formula is C17H19N7OS. The van der Waals surface area contributed by atoms with Gasteiger partial charge in [0.2, 0.25) is 5.95 Å². The summed E-state index contributed by atoms with van der Waals surface area (Å²) in [5, 5.41) is 10.1. The summed E-state index contributed by atoms with van der Waals surface area (Å²) in [5.74, 6) is 0.584. The van der Waals surface area contributed by atoms with Gasteiger partial charge in [0, 0.05) is 37.1 Å². The molecule has 0 radical (unpaired) electrons. The summed E-state index contributed by atoms with van der Waals surface area (Å²) in [6, 6.07) is 3.97. The third kappa shape index (κ3) is 3.43. The summed E-state index contributed by atoms with van der Waals surface area (Å²) >= 11 is 1.48. The molecule has 0 saturated carbocycles. The van der Waals surface area contributed by atoms with Crippen molar-refractivity contribution < 1.29 is 4.79 Å². The monoisotopic (exact) mass is 369 g/mol. The van der Waals surface area contributed by atoms with Crippen molar-refractivity contribution in [2.24, 2.45) is 0 Å². The molecule has 4 heterocycles. The zero-order valence-electron chi connectivity index (χ0n) is 14.4. The van der Waals surface area contributed by atoms with E-state index in [1.807, 2.05) is 29.9 Å². The Morgan fingerprint density at radius 1 is 1.35 bits per heavy atom. The largest absolute Gasteiger partial charge is 0.351 e. The zero-order valence-corrected chi connectivity index (χ0v) is 15.2. The normalized spacial score (nSPS) is 16.3. The second-order valence-corrected chi connectivity index (χ2v) is 7.21. The van der Waals surface area contributed by atoms with Gasteiger partial charge >= 0.3 is 0 Å². The number of fused-ring (bicyclic) bond motifs is 1. The highest BCUT2D eigenvalue weighted by Crippen LogP contribution is 2.25. The van der Waals surface area contributed by atoms with E-state index >= 15 is 0 Å². The first kappa shape index (κ1) is 16.6. The van der Waals surface area contributed by atoms with E-state index in [4.69, 9.17) is 0 Å². The second kappa shape index (κ2) is 7.20. The molecule has 1 unspecified atom stereocenters. The van der Waals surface area contributed by atoms with Crippen LogP contribution in [0.15, 0.2) is 36.1 Å². The molecule has 0 saturated heterocycles. The SMILES string of the molecule is Cc1nc(C(=O)NCCC2CN(c3ncccn3)Cc3ccnn32)cs1. The number of carbonyl (C=O) groups is 1. The van der Waals surface area contributed by atoms with Crippen molar-refractivity contribution in [2.45, 2.75) is 25.9 Å². The summed E-state index contributed by atoms with van der Waals surface area (Å²) in [6.07, 6.45) is 6.08. The van der Waals surface area contributed by atoms with Crippen molar-refractivity contribution in [2.75, 3.05) is 18.0 Å². The lowest BCUT2D eigenvalue weighted by Crippen LogP contribution is -2.40. The van der Waals surface area contributed by atoms with Crippen molar-refractivity contribution in [3.8, 4) is 0 Å². The van der Waals surface area contributed by atoms with Gasteiger partial charge in [-0.3, -0.25) is 9.48 Å². The molecule has 0 bridgehead atoms. The maximum absolute atomic E-state index is 12.2. The Morgan fingerprint density at radius 2 is 2.19 bits per heavy atom. The highest BCUT2D eigenvalue weighted by Gasteiger charge is 2.26. The van der Waals surface area contributed by atoms with Gasteiger partial charge in [-0.05, 0) is 25.5 Å². The Labute approximate surface area is 154 Å². The molecule has 0 fully saturated rings. The number of hydrogen-bond donors (Lipinski definition) is 1. The van der Waals surface area contributed by atoms with Crippen molar-refractivity contribution in [1.29, 1.82) is 0 Å². The van der Waals surface area contributed by atoms with Gasteiger partial charge in [-0.1, -0.05) is 0 Å². The topological polar surface area (TPSA) is 88.8 Å². The maximum atomic E-state index is 12.2. The Kier molecular flexibility index (Phi) is 4.61. The fraction of sp³-hybridized carbons (Fsp3) is 0.353. The Balaban J connectivity index is 1.41. The number of amides is 1. The molecule has 134 valence electrons. The van der Waals surface area contributed by atoms with E-state index in [2.05, 4.69) is 30.3 Å². The number of anilines is 1. The van der Waals surface area contributed by atoms with Crippen molar-refractivity contribution in [3.05, 3.63) is 52.5 Å². The molecule has 8 nitrogen and oxygen atoms in total. The number of thiazole rings is 1. The van der Waals surface area contributed by atoms with Gasteiger partial charge in [0.15, 0.2) is 0 Å². The summed E-state index contributed by atoms with van der Waals surface area (Å²) in [5.41, 5.74) is 1.60. The molecule has 3 aromatic heterocycles. The molecule has 0 spiro atoms. The van der Waals surface area contributed by atoms with E-state index in [0.717, 1.165) is 30.2 Å². The molecule has 26 heavy (non-hydrogen) atoms. The van der Waals surface area contributed by atoms with Crippen LogP contribution >= 0.6 is 11.3 Å². The number of nitrogens with one attached hydrogen (secondary N) is 1. The summed E-state index contributed by atoms with van der Waals surface area (Å²) < 4.78 is 2.04. The van der Waals surface area contributed by atoms with E-state index in [0.29, 0.717) is 18.2 Å². The standard InChI is InChI=1S/C17H19N7OS/c1-12-22-15(11-26-12)16(25)18-7-3-13-9-23(17-19-5-2-6-20-17)10-14-4-8-21-24(13)14/h2,4-6,8,11,13H,3,7,9-10H2,1H3,(H,18,25). The van der Waals surface area contributed by atoms with Gasteiger partial charge in [-0.15, -0.1) is 11.3 Å². The lowest BCUT2D eigenvalue weighted by atomic mass is 10.1. The molecule has 0 aromatic carbocycles. The van der Waals surface area contributed by atoms with Crippen LogP contribution in [0.2, 0.25) is 0 Å². The van der Waals surface area contributed by atoms with Gasteiger partial charge in [-0.25, -0.2) is 15.0 Å². The van der Waals surface area contributed by atoms with Crippen LogP contribution < -0.4 is 10.2 Å². The average molecular weight is 369 g/mol. The van der Waals surface area contributed by atoms with Crippen LogP contribution in [0.3, 0.4) is 0 Å². The number of rotatable bonds is 5. The van der Waals surface area contributed by atoms with E-state index in [9.17, 15) is 4.79 Å². The lowest BCUT2D eigenvalue weighted by molar-refractivity contribution is 0.0946. The van der Waals surface area contributed by atoms with Crippen LogP contribution in [0.4, 0.5) is 5.95 Å². The van der Waals surface area contributed by atoms with Crippen LogP contribution in [-0.2, 0) is 6.54 Å². The molecular weight excluding hydrogens is 350 g/mol. The molecule has 0 aliphatic carbocycles. The first-order chi connectivity index (χ1) is 12.7. The van der Waals surface area contributed by atoms with Gasteiger partial charge in [-0.2, -0.15) is 5.10 Å². The minimum absolute atomic E-state index is 0.130. The fourth-order valence-electron chi connectivity index (χ4n) is 3.12. The number of carbonyl (C=O) groups excluding carboxylic acids is 1. The third-order valence-corrected chi connectivity index (χ3v) is 5.11. The number of aromatic nitrogens is 5. The smallest absolute Gasteiger partial charge is 0.270 e. The van der Waals surface area contributed by atoms with Gasteiger partial charge in [0.05, 0.1) is 23.3 Å². The highest BCUT2D eigenvalue weighted by molar-refractivity contribution is 7.09. The fourth-order valence-corrected chi connectivity index (χ4v) is 3.71. The van der Waals surface area contributed by atoms with Crippen LogP contribution in [0.25, 0.3) is 0 Å². The van der Waals surface area contributed by atoms with E-state index < -0.39 is 0 Å². The van der Waals surface area contributed by atoms with Crippen molar-refractivity contribution in [1.82, 2.24) is 30.0 Å². The van der Waals surface area contributed by atoms with Crippen molar-refractivity contribution >= 4 is 23.2 Å². The van der Waals surface area contributed by atoms with Crippen LogP contribution in [0.1, 0.15) is 33.7 Å². The highest BCUT2D eigenvalue weighted by atomic mass is 32.1. The Morgan fingerprint density at radius 3 is 2.96 bits per heavy atom. The van der Waals surface area contributed by atoms with Gasteiger partial charge in [0.1, 0.15) is 5.69 Å². The number of hydrogen-bond acceptors (Lipinski definition) is 7. The average Bonchev–Trinajstić information content (AvgIpc) is 3.31. The zero-order chi connectivity index (χ0) is 17.9. The first-order valence-electron chi connectivity index (χ1n) is 8.45. The van der Waals surface area contributed by atoms with Crippen molar-refractivity contribution in [3.63, 3.8) is 0 Å². The van der Waals surface area contributed by atoms with E-state index in [1.54, 1.807) is 17.8 Å². The molecule has 1 aliphatic rings. The number of aryl methyl sites for hydroxylation is 1. The van der Waals surface area contributed by atoms with Gasteiger partial charge < -0.3 is 10.2 Å². The molecule has 4 rings (SSSR count). The summed E-state index contributed by atoms with van der Waals surface area (Å²) in [4.78, 5) is 27.2. The molecule has 1 amide bonds. The number of nitrogens with zero attached hydrogens (tertiary/aromatic N) is 6.